The average molecular weight is 283 g/mol. The van der Waals surface area contributed by atoms with Crippen LogP contribution in [0.25, 0.3) is 0 Å². The van der Waals surface area contributed by atoms with Crippen LogP contribution in [0.5, 0.6) is 0 Å². The third kappa shape index (κ3) is 2.62. The molecule has 1 aromatic carbocycles. The molecule has 2 rings (SSSR count). The van der Waals surface area contributed by atoms with Gasteiger partial charge in [-0.25, -0.2) is 13.4 Å². The van der Waals surface area contributed by atoms with Crippen molar-refractivity contribution in [2.24, 2.45) is 0 Å². The summed E-state index contributed by atoms with van der Waals surface area (Å²) in [4.78, 5) is 3.93. The minimum Gasteiger partial charge on any atom is -0.397 e. The second-order valence-electron chi connectivity index (χ2n) is 3.89. The number of anilines is 2. The van der Waals surface area contributed by atoms with E-state index >= 15 is 0 Å². The van der Waals surface area contributed by atoms with Gasteiger partial charge in [0.1, 0.15) is 0 Å². The number of rotatable bonds is 3. The molecule has 1 aromatic heterocycles. The Hall–Kier alpha value is -1.60. The summed E-state index contributed by atoms with van der Waals surface area (Å²) in [6.07, 6.45) is 1.34. The fourth-order valence-corrected chi connectivity index (χ4v) is 3.61. The molecule has 0 aliphatic carbocycles. The molecule has 0 aliphatic rings. The number of hydrogen-bond acceptors (Lipinski definition) is 5. The maximum Gasteiger partial charge on any atom is 0.273 e. The van der Waals surface area contributed by atoms with Crippen molar-refractivity contribution in [3.8, 4) is 0 Å². The van der Waals surface area contributed by atoms with Crippen LogP contribution >= 0.6 is 11.3 Å². The fraction of sp³-hybridized carbons (Fsp3) is 0.182. The van der Waals surface area contributed by atoms with E-state index in [9.17, 15) is 8.42 Å². The molecule has 96 valence electrons. The molecular formula is C11H13N3O2S2. The topological polar surface area (TPSA) is 85.1 Å². The third-order valence-corrected chi connectivity index (χ3v) is 5.06. The van der Waals surface area contributed by atoms with Crippen LogP contribution in [0.2, 0.25) is 0 Å². The largest absolute Gasteiger partial charge is 0.397 e. The molecule has 5 nitrogen and oxygen atoms in total. The maximum absolute atomic E-state index is 12.1. The smallest absolute Gasteiger partial charge is 0.273 e. The number of nitrogens with one attached hydrogen (secondary N) is 1. The monoisotopic (exact) mass is 283 g/mol. The highest BCUT2D eigenvalue weighted by atomic mass is 32.2. The molecule has 2 aromatic rings. The molecule has 0 saturated heterocycles. The summed E-state index contributed by atoms with van der Waals surface area (Å²) in [5.74, 6) is 0. The summed E-state index contributed by atoms with van der Waals surface area (Å²) in [5.41, 5.74) is 7.46. The van der Waals surface area contributed by atoms with E-state index in [-0.39, 0.29) is 4.21 Å². The van der Waals surface area contributed by atoms with Gasteiger partial charge in [-0.3, -0.25) is 4.72 Å². The van der Waals surface area contributed by atoms with Crippen LogP contribution in [0.4, 0.5) is 11.4 Å². The van der Waals surface area contributed by atoms with E-state index in [2.05, 4.69) is 9.71 Å². The van der Waals surface area contributed by atoms with E-state index < -0.39 is 10.0 Å². The Bertz CT molecular complexity index is 677. The lowest BCUT2D eigenvalue weighted by Crippen LogP contribution is -2.13. The Morgan fingerprint density at radius 1 is 1.33 bits per heavy atom. The molecule has 18 heavy (non-hydrogen) atoms. The highest BCUT2D eigenvalue weighted by Crippen LogP contribution is 2.25. The van der Waals surface area contributed by atoms with Crippen molar-refractivity contribution < 1.29 is 8.42 Å². The van der Waals surface area contributed by atoms with Crippen molar-refractivity contribution in [1.82, 2.24) is 4.98 Å². The normalized spacial score (nSPS) is 11.4. The zero-order valence-corrected chi connectivity index (χ0v) is 11.6. The van der Waals surface area contributed by atoms with E-state index in [1.54, 1.807) is 19.1 Å². The van der Waals surface area contributed by atoms with E-state index in [1.807, 2.05) is 13.0 Å². The summed E-state index contributed by atoms with van der Waals surface area (Å²) in [6.45, 7) is 3.62. The molecule has 0 unspecified atom stereocenters. The fourth-order valence-electron chi connectivity index (χ4n) is 1.42. The average Bonchev–Trinajstić information content (AvgIpc) is 2.71. The molecule has 3 N–H and O–H groups in total. The molecule has 0 radical (unpaired) electrons. The first-order valence-electron chi connectivity index (χ1n) is 5.20. The van der Waals surface area contributed by atoms with Gasteiger partial charge < -0.3 is 5.73 Å². The minimum atomic E-state index is -3.61. The molecule has 1 heterocycles. The van der Waals surface area contributed by atoms with Crippen LogP contribution in [0.3, 0.4) is 0 Å². The van der Waals surface area contributed by atoms with Crippen molar-refractivity contribution in [2.45, 2.75) is 18.1 Å². The van der Waals surface area contributed by atoms with Crippen LogP contribution in [0.15, 0.2) is 28.6 Å². The van der Waals surface area contributed by atoms with Gasteiger partial charge in [-0.1, -0.05) is 6.07 Å². The maximum atomic E-state index is 12.1. The molecule has 0 saturated carbocycles. The molecule has 0 aliphatic heterocycles. The van der Waals surface area contributed by atoms with Crippen molar-refractivity contribution in [2.75, 3.05) is 10.5 Å². The van der Waals surface area contributed by atoms with Gasteiger partial charge in [0.25, 0.3) is 10.0 Å². The Balaban J connectivity index is 2.36. The summed E-state index contributed by atoms with van der Waals surface area (Å²) in [5, 5.41) is 0.701. The predicted octanol–water partition coefficient (Wildman–Crippen LogP) is 2.14. The van der Waals surface area contributed by atoms with E-state index in [4.69, 9.17) is 5.73 Å². The van der Waals surface area contributed by atoms with Crippen LogP contribution in [-0.2, 0) is 10.0 Å². The van der Waals surface area contributed by atoms with Gasteiger partial charge in [0.05, 0.1) is 22.6 Å². The Labute approximate surface area is 110 Å². The summed E-state index contributed by atoms with van der Waals surface area (Å²) in [7, 11) is -3.61. The van der Waals surface area contributed by atoms with E-state index in [0.717, 1.165) is 16.9 Å². The summed E-state index contributed by atoms with van der Waals surface area (Å²) in [6, 6.07) is 5.19. The second kappa shape index (κ2) is 4.58. The number of benzene rings is 1. The number of nitrogens with two attached hydrogens (primary N) is 1. The Kier molecular flexibility index (Phi) is 3.27. The Morgan fingerprint density at radius 2 is 2.06 bits per heavy atom. The highest BCUT2D eigenvalue weighted by Gasteiger charge is 2.18. The van der Waals surface area contributed by atoms with Crippen molar-refractivity contribution in [3.05, 3.63) is 35.0 Å². The second-order valence-corrected chi connectivity index (χ2v) is 7.04. The molecule has 0 amide bonds. The van der Waals surface area contributed by atoms with E-state index in [0.29, 0.717) is 16.4 Å². The number of nitrogen functional groups attached to an aromatic ring is 1. The molecule has 0 atom stereocenters. The molecule has 7 heteroatoms. The number of aryl methyl sites for hydroxylation is 2. The number of sulfonamides is 1. The van der Waals surface area contributed by atoms with Gasteiger partial charge >= 0.3 is 0 Å². The number of nitrogens with zero attached hydrogens (tertiary/aromatic N) is 1. The van der Waals surface area contributed by atoms with Gasteiger partial charge in [-0.15, -0.1) is 11.3 Å². The third-order valence-electron chi connectivity index (χ3n) is 2.32. The number of hydrogen-bond donors (Lipinski definition) is 2. The van der Waals surface area contributed by atoms with Gasteiger partial charge in [-0.2, -0.15) is 0 Å². The first kappa shape index (κ1) is 12.8. The molecule has 0 fully saturated rings. The standard InChI is InChI=1S/C11H13N3O2S2/c1-7-3-4-9(12)10(5-7)14-18(15,16)11-6-13-8(2)17-11/h3-6,14H,12H2,1-2H3. The number of aromatic nitrogens is 1. The molecule has 0 spiro atoms. The molecule has 0 bridgehead atoms. The predicted molar refractivity (Wildman–Crippen MR) is 73.3 cm³/mol. The van der Waals surface area contributed by atoms with Crippen LogP contribution in [0.1, 0.15) is 10.6 Å². The highest BCUT2D eigenvalue weighted by molar-refractivity contribution is 7.94. The summed E-state index contributed by atoms with van der Waals surface area (Å²) >= 11 is 1.12. The first-order valence-corrected chi connectivity index (χ1v) is 7.50. The zero-order valence-electron chi connectivity index (χ0n) is 9.97. The summed E-state index contributed by atoms with van der Waals surface area (Å²) < 4.78 is 26.8. The van der Waals surface area contributed by atoms with E-state index in [1.165, 1.54) is 6.20 Å². The van der Waals surface area contributed by atoms with Crippen LogP contribution in [-0.4, -0.2) is 13.4 Å². The Morgan fingerprint density at radius 3 is 2.67 bits per heavy atom. The minimum absolute atomic E-state index is 0.181. The lowest BCUT2D eigenvalue weighted by Gasteiger charge is -2.09. The quantitative estimate of drug-likeness (QED) is 0.845. The zero-order chi connectivity index (χ0) is 13.3. The van der Waals surface area contributed by atoms with Gasteiger partial charge in [0.15, 0.2) is 4.21 Å². The first-order chi connectivity index (χ1) is 8.38. The van der Waals surface area contributed by atoms with Crippen molar-refractivity contribution in [1.29, 1.82) is 0 Å². The van der Waals surface area contributed by atoms with Crippen LogP contribution < -0.4 is 10.5 Å². The SMILES string of the molecule is Cc1ccc(N)c(NS(=O)(=O)c2cnc(C)s2)c1. The van der Waals surface area contributed by atoms with Gasteiger partial charge in [0, 0.05) is 0 Å². The van der Waals surface area contributed by atoms with Crippen molar-refractivity contribution in [3.63, 3.8) is 0 Å². The lowest BCUT2D eigenvalue weighted by atomic mass is 10.2. The van der Waals surface area contributed by atoms with Crippen molar-refractivity contribution >= 4 is 32.7 Å². The molecular weight excluding hydrogens is 270 g/mol. The lowest BCUT2D eigenvalue weighted by molar-refractivity contribution is 0.603. The van der Waals surface area contributed by atoms with Gasteiger partial charge in [0.2, 0.25) is 0 Å². The number of thiazole rings is 1. The van der Waals surface area contributed by atoms with Crippen LogP contribution in [0, 0.1) is 13.8 Å². The van der Waals surface area contributed by atoms with Gasteiger partial charge in [-0.05, 0) is 31.5 Å².